The molecule has 0 saturated carbocycles. The number of anilines is 1. The minimum absolute atomic E-state index is 0.493. The Morgan fingerprint density at radius 2 is 2.00 bits per heavy atom. The van der Waals surface area contributed by atoms with Crippen molar-refractivity contribution in [2.75, 3.05) is 5.73 Å². The molecule has 0 spiro atoms. The van der Waals surface area contributed by atoms with Gasteiger partial charge in [-0.1, -0.05) is 6.92 Å². The molecule has 0 aliphatic carbocycles. The Labute approximate surface area is 101 Å². The van der Waals surface area contributed by atoms with Crippen LogP contribution in [0.4, 0.5) is 5.82 Å². The molecule has 0 bridgehead atoms. The maximum absolute atomic E-state index is 5.73. The third kappa shape index (κ3) is 2.13. The van der Waals surface area contributed by atoms with Crippen LogP contribution in [-0.2, 0) is 6.54 Å². The van der Waals surface area contributed by atoms with Gasteiger partial charge in [0.25, 0.3) is 0 Å². The molecule has 0 unspecified atom stereocenters. The van der Waals surface area contributed by atoms with E-state index in [1.54, 1.807) is 0 Å². The largest absolute Gasteiger partial charge is 0.382 e. The number of aromatic nitrogens is 4. The van der Waals surface area contributed by atoms with Crippen molar-refractivity contribution < 1.29 is 0 Å². The number of nitrogens with zero attached hydrogens (tertiary/aromatic N) is 4. The molecule has 2 aromatic rings. The fourth-order valence-electron chi connectivity index (χ4n) is 1.74. The molecule has 2 heterocycles. The van der Waals surface area contributed by atoms with Crippen LogP contribution in [-0.4, -0.2) is 20.0 Å². The molecule has 0 aliphatic heterocycles. The van der Waals surface area contributed by atoms with Crippen LogP contribution in [0, 0.1) is 13.8 Å². The van der Waals surface area contributed by atoms with Gasteiger partial charge in [-0.25, -0.2) is 0 Å². The van der Waals surface area contributed by atoms with Crippen LogP contribution in [0.15, 0.2) is 12.4 Å². The first kappa shape index (κ1) is 11.6. The van der Waals surface area contributed by atoms with Gasteiger partial charge in [-0.2, -0.15) is 5.10 Å². The van der Waals surface area contributed by atoms with Gasteiger partial charge in [0.2, 0.25) is 0 Å². The molecule has 0 aromatic carbocycles. The zero-order chi connectivity index (χ0) is 12.4. The van der Waals surface area contributed by atoms with Crippen molar-refractivity contribution in [3.63, 3.8) is 0 Å². The van der Waals surface area contributed by atoms with E-state index in [0.29, 0.717) is 5.82 Å². The molecule has 0 aliphatic rings. The van der Waals surface area contributed by atoms with Crippen molar-refractivity contribution in [3.05, 3.63) is 23.5 Å². The first-order valence-corrected chi connectivity index (χ1v) is 5.75. The van der Waals surface area contributed by atoms with Gasteiger partial charge in [0, 0.05) is 18.3 Å². The number of rotatable bonds is 3. The van der Waals surface area contributed by atoms with E-state index in [1.807, 2.05) is 30.9 Å². The summed E-state index contributed by atoms with van der Waals surface area (Å²) in [7, 11) is 0. The van der Waals surface area contributed by atoms with Crippen LogP contribution < -0.4 is 5.73 Å². The highest BCUT2D eigenvalue weighted by Gasteiger charge is 2.11. The molecule has 5 heteroatoms. The third-order valence-corrected chi connectivity index (χ3v) is 2.92. The SMILES string of the molecule is CCCn1cc(-c2nnc(N)c(C)c2C)cn1. The van der Waals surface area contributed by atoms with E-state index in [0.717, 1.165) is 35.3 Å². The van der Waals surface area contributed by atoms with E-state index in [4.69, 9.17) is 5.73 Å². The Balaban J connectivity index is 2.42. The molecule has 2 N–H and O–H groups in total. The highest BCUT2D eigenvalue weighted by atomic mass is 15.3. The van der Waals surface area contributed by atoms with E-state index in [-0.39, 0.29) is 0 Å². The summed E-state index contributed by atoms with van der Waals surface area (Å²) in [5, 5.41) is 12.4. The maximum atomic E-state index is 5.73. The van der Waals surface area contributed by atoms with Gasteiger partial charge < -0.3 is 5.73 Å². The molecule has 0 saturated heterocycles. The van der Waals surface area contributed by atoms with Crippen LogP contribution in [0.2, 0.25) is 0 Å². The summed E-state index contributed by atoms with van der Waals surface area (Å²) < 4.78 is 1.92. The average molecular weight is 231 g/mol. The maximum Gasteiger partial charge on any atom is 0.149 e. The second-order valence-electron chi connectivity index (χ2n) is 4.18. The van der Waals surface area contributed by atoms with E-state index in [1.165, 1.54) is 0 Å². The normalized spacial score (nSPS) is 10.8. The van der Waals surface area contributed by atoms with Gasteiger partial charge in [0.15, 0.2) is 0 Å². The first-order valence-electron chi connectivity index (χ1n) is 5.75. The lowest BCUT2D eigenvalue weighted by Crippen LogP contribution is -2.01. The molecule has 2 aromatic heterocycles. The lowest BCUT2D eigenvalue weighted by atomic mass is 10.1. The lowest BCUT2D eigenvalue weighted by Gasteiger charge is -2.06. The molecule has 17 heavy (non-hydrogen) atoms. The third-order valence-electron chi connectivity index (χ3n) is 2.92. The summed E-state index contributed by atoms with van der Waals surface area (Å²) in [5.41, 5.74) is 9.63. The van der Waals surface area contributed by atoms with Crippen LogP contribution in [0.1, 0.15) is 24.5 Å². The van der Waals surface area contributed by atoms with Gasteiger partial charge >= 0.3 is 0 Å². The lowest BCUT2D eigenvalue weighted by molar-refractivity contribution is 0.603. The minimum atomic E-state index is 0.493. The van der Waals surface area contributed by atoms with Crippen LogP contribution >= 0.6 is 0 Å². The topological polar surface area (TPSA) is 69.6 Å². The summed E-state index contributed by atoms with van der Waals surface area (Å²) in [6.45, 7) is 7.01. The van der Waals surface area contributed by atoms with Crippen molar-refractivity contribution in [3.8, 4) is 11.3 Å². The molecule has 2 rings (SSSR count). The van der Waals surface area contributed by atoms with Crippen molar-refractivity contribution in [1.82, 2.24) is 20.0 Å². The van der Waals surface area contributed by atoms with Crippen molar-refractivity contribution in [2.45, 2.75) is 33.7 Å². The van der Waals surface area contributed by atoms with E-state index < -0.39 is 0 Å². The van der Waals surface area contributed by atoms with Gasteiger partial charge in [-0.05, 0) is 31.4 Å². The summed E-state index contributed by atoms with van der Waals surface area (Å²) >= 11 is 0. The molecular weight excluding hydrogens is 214 g/mol. The number of hydrogen-bond acceptors (Lipinski definition) is 4. The van der Waals surface area contributed by atoms with Gasteiger partial charge in [-0.15, -0.1) is 10.2 Å². The molecule has 0 radical (unpaired) electrons. The Hall–Kier alpha value is -1.91. The molecular formula is C12H17N5. The number of aryl methyl sites for hydroxylation is 1. The van der Waals surface area contributed by atoms with Crippen molar-refractivity contribution in [2.24, 2.45) is 0 Å². The Kier molecular flexibility index (Phi) is 3.08. The summed E-state index contributed by atoms with van der Waals surface area (Å²) in [6.07, 6.45) is 4.88. The molecule has 5 nitrogen and oxygen atoms in total. The predicted molar refractivity (Wildman–Crippen MR) is 67.4 cm³/mol. The Morgan fingerprint density at radius 3 is 2.71 bits per heavy atom. The number of nitrogen functional groups attached to an aromatic ring is 1. The monoisotopic (exact) mass is 231 g/mol. The van der Waals surface area contributed by atoms with E-state index >= 15 is 0 Å². The Bertz CT molecular complexity index is 530. The smallest absolute Gasteiger partial charge is 0.149 e. The Morgan fingerprint density at radius 1 is 1.24 bits per heavy atom. The summed E-state index contributed by atoms with van der Waals surface area (Å²) in [5.74, 6) is 0.493. The highest BCUT2D eigenvalue weighted by Crippen LogP contribution is 2.24. The van der Waals surface area contributed by atoms with Gasteiger partial charge in [0.1, 0.15) is 5.82 Å². The fraction of sp³-hybridized carbons (Fsp3) is 0.417. The first-order chi connectivity index (χ1) is 8.13. The quantitative estimate of drug-likeness (QED) is 0.876. The number of nitrogens with two attached hydrogens (primary N) is 1. The zero-order valence-electron chi connectivity index (χ0n) is 10.4. The average Bonchev–Trinajstić information content (AvgIpc) is 2.75. The van der Waals surface area contributed by atoms with E-state index in [2.05, 4.69) is 22.2 Å². The highest BCUT2D eigenvalue weighted by molar-refractivity contribution is 5.64. The van der Waals surface area contributed by atoms with Crippen LogP contribution in [0.3, 0.4) is 0 Å². The number of hydrogen-bond donors (Lipinski definition) is 1. The van der Waals surface area contributed by atoms with Crippen LogP contribution in [0.5, 0.6) is 0 Å². The zero-order valence-corrected chi connectivity index (χ0v) is 10.4. The predicted octanol–water partition coefficient (Wildman–Crippen LogP) is 1.95. The molecule has 90 valence electrons. The molecule has 0 atom stereocenters. The van der Waals surface area contributed by atoms with Crippen molar-refractivity contribution >= 4 is 5.82 Å². The van der Waals surface area contributed by atoms with Crippen LogP contribution in [0.25, 0.3) is 11.3 Å². The second kappa shape index (κ2) is 4.53. The minimum Gasteiger partial charge on any atom is -0.382 e. The summed E-state index contributed by atoms with van der Waals surface area (Å²) in [6, 6.07) is 0. The van der Waals surface area contributed by atoms with Crippen molar-refractivity contribution in [1.29, 1.82) is 0 Å². The second-order valence-corrected chi connectivity index (χ2v) is 4.18. The summed E-state index contributed by atoms with van der Waals surface area (Å²) in [4.78, 5) is 0. The fourth-order valence-corrected chi connectivity index (χ4v) is 1.74. The molecule has 0 amide bonds. The van der Waals surface area contributed by atoms with Gasteiger partial charge in [-0.3, -0.25) is 4.68 Å². The standard InChI is InChI=1S/C12H17N5/c1-4-5-17-7-10(6-14-17)11-8(2)9(3)12(13)16-15-11/h6-7H,4-5H2,1-3H3,(H2,13,16). The van der Waals surface area contributed by atoms with E-state index in [9.17, 15) is 0 Å². The molecule has 0 fully saturated rings. The van der Waals surface area contributed by atoms with Gasteiger partial charge in [0.05, 0.1) is 11.9 Å².